The van der Waals surface area contributed by atoms with E-state index < -0.39 is 0 Å². The van der Waals surface area contributed by atoms with Gasteiger partial charge in [-0.2, -0.15) is 0 Å². The Morgan fingerprint density at radius 1 is 1.06 bits per heavy atom. The van der Waals surface area contributed by atoms with Crippen molar-refractivity contribution in [3.05, 3.63) is 54.1 Å². The average Bonchev–Trinajstić information content (AvgIpc) is 2.82. The van der Waals surface area contributed by atoms with E-state index in [2.05, 4.69) is 65.3 Å². The first-order chi connectivity index (χ1) is 14.7. The highest BCUT2D eigenvalue weighted by molar-refractivity contribution is 5.95. The van der Waals surface area contributed by atoms with Crippen LogP contribution >= 0.6 is 12.4 Å². The number of likely N-dealkylation sites (N-methyl/N-ethyl adjacent to an activating group) is 1. The molecule has 1 atom stereocenters. The molecule has 5 nitrogen and oxygen atoms in total. The van der Waals surface area contributed by atoms with Crippen LogP contribution in [0.1, 0.15) is 12.5 Å². The summed E-state index contributed by atoms with van der Waals surface area (Å²) >= 11 is 0. The molecule has 0 amide bonds. The molecule has 1 unspecified atom stereocenters. The maximum absolute atomic E-state index is 9.54. The molecule has 5 rings (SSSR count). The van der Waals surface area contributed by atoms with E-state index in [0.29, 0.717) is 6.61 Å². The van der Waals surface area contributed by atoms with E-state index in [1.54, 1.807) is 0 Å². The van der Waals surface area contributed by atoms with Gasteiger partial charge in [-0.25, -0.2) is 4.98 Å². The van der Waals surface area contributed by atoms with Gasteiger partial charge in [-0.15, -0.1) is 12.4 Å². The van der Waals surface area contributed by atoms with Crippen molar-refractivity contribution in [2.24, 2.45) is 5.92 Å². The molecular weight excluding hydrogens is 410 g/mol. The molecule has 1 N–H and O–H groups in total. The Bertz CT molecular complexity index is 1050. The SMILES string of the molecule is CCN1CCN(c2nc(-c3ccc4c(c3)CC(CO)CO4)cc3ccccc23)CC1.Cl. The normalized spacial score (nSPS) is 18.9. The Morgan fingerprint density at radius 2 is 1.87 bits per heavy atom. The van der Waals surface area contributed by atoms with Crippen LogP contribution in [0.2, 0.25) is 0 Å². The van der Waals surface area contributed by atoms with Gasteiger partial charge in [-0.1, -0.05) is 31.2 Å². The number of benzene rings is 2. The van der Waals surface area contributed by atoms with Crippen LogP contribution in [0.3, 0.4) is 0 Å². The number of nitrogens with zero attached hydrogens (tertiary/aromatic N) is 3. The summed E-state index contributed by atoms with van der Waals surface area (Å²) in [7, 11) is 0. The summed E-state index contributed by atoms with van der Waals surface area (Å²) in [4.78, 5) is 10.1. The largest absolute Gasteiger partial charge is 0.493 e. The molecule has 1 fully saturated rings. The maximum Gasteiger partial charge on any atom is 0.137 e. The highest BCUT2D eigenvalue weighted by atomic mass is 35.5. The van der Waals surface area contributed by atoms with Crippen LogP contribution in [0.5, 0.6) is 5.75 Å². The molecule has 3 heterocycles. The average molecular weight is 440 g/mol. The van der Waals surface area contributed by atoms with E-state index in [9.17, 15) is 5.11 Å². The zero-order valence-corrected chi connectivity index (χ0v) is 18.8. The lowest BCUT2D eigenvalue weighted by Crippen LogP contribution is -2.46. The summed E-state index contributed by atoms with van der Waals surface area (Å²) in [6.45, 7) is 8.25. The minimum Gasteiger partial charge on any atom is -0.493 e. The molecule has 2 aliphatic heterocycles. The Labute approximate surface area is 190 Å². The number of aliphatic hydroxyl groups excluding tert-OH is 1. The van der Waals surface area contributed by atoms with E-state index in [1.165, 1.54) is 10.8 Å². The van der Waals surface area contributed by atoms with E-state index in [0.717, 1.165) is 67.5 Å². The molecule has 1 aromatic heterocycles. The fourth-order valence-electron chi connectivity index (χ4n) is 4.58. The van der Waals surface area contributed by atoms with Gasteiger partial charge in [0.15, 0.2) is 0 Å². The third-order valence-electron chi connectivity index (χ3n) is 6.44. The number of hydrogen-bond acceptors (Lipinski definition) is 5. The van der Waals surface area contributed by atoms with Gasteiger partial charge in [0.2, 0.25) is 0 Å². The minimum atomic E-state index is 0. The number of piperazine rings is 1. The lowest BCUT2D eigenvalue weighted by atomic mass is 9.95. The Balaban J connectivity index is 0.00000231. The van der Waals surface area contributed by atoms with Crippen LogP contribution in [0.4, 0.5) is 5.82 Å². The van der Waals surface area contributed by atoms with E-state index in [1.807, 2.05) is 0 Å². The number of pyridine rings is 1. The number of ether oxygens (including phenoxy) is 1. The van der Waals surface area contributed by atoms with Crippen molar-refractivity contribution in [2.45, 2.75) is 13.3 Å². The van der Waals surface area contributed by atoms with Crippen molar-refractivity contribution in [3.63, 3.8) is 0 Å². The molecule has 2 aromatic carbocycles. The molecule has 2 aliphatic rings. The van der Waals surface area contributed by atoms with Crippen LogP contribution in [0.15, 0.2) is 48.5 Å². The Hall–Kier alpha value is -2.34. The molecular formula is C25H30ClN3O2. The number of halogens is 1. The summed E-state index contributed by atoms with van der Waals surface area (Å²) in [6.07, 6.45) is 0.846. The quantitative estimate of drug-likeness (QED) is 0.665. The van der Waals surface area contributed by atoms with Gasteiger partial charge < -0.3 is 19.6 Å². The van der Waals surface area contributed by atoms with Crippen molar-refractivity contribution in [2.75, 3.05) is 50.8 Å². The lowest BCUT2D eigenvalue weighted by molar-refractivity contribution is 0.147. The van der Waals surface area contributed by atoms with Crippen molar-refractivity contribution in [1.82, 2.24) is 9.88 Å². The summed E-state index contributed by atoms with van der Waals surface area (Å²) in [5.74, 6) is 2.18. The monoisotopic (exact) mass is 439 g/mol. The second-order valence-electron chi connectivity index (χ2n) is 8.36. The third kappa shape index (κ3) is 4.36. The topological polar surface area (TPSA) is 48.8 Å². The predicted molar refractivity (Wildman–Crippen MR) is 129 cm³/mol. The van der Waals surface area contributed by atoms with E-state index in [4.69, 9.17) is 9.72 Å². The van der Waals surface area contributed by atoms with Gasteiger partial charge in [-0.3, -0.25) is 0 Å². The standard InChI is InChI=1S/C25H29N3O2.ClH/c1-2-27-9-11-28(12-10-27)25-22-6-4-3-5-19(22)15-23(26-25)20-7-8-24-21(14-20)13-18(16-29)17-30-24;/h3-8,14-15,18,29H,2,9-13,16-17H2,1H3;1H. The van der Waals surface area contributed by atoms with Crippen LogP contribution in [-0.2, 0) is 6.42 Å². The summed E-state index contributed by atoms with van der Waals surface area (Å²) in [6, 6.07) is 17.1. The highest BCUT2D eigenvalue weighted by Gasteiger charge is 2.22. The molecule has 3 aromatic rings. The fraction of sp³-hybridized carbons (Fsp3) is 0.400. The van der Waals surface area contributed by atoms with Gasteiger partial charge in [0.25, 0.3) is 0 Å². The van der Waals surface area contributed by atoms with E-state index in [-0.39, 0.29) is 24.9 Å². The summed E-state index contributed by atoms with van der Waals surface area (Å²) in [5.41, 5.74) is 3.26. The second kappa shape index (κ2) is 9.43. The summed E-state index contributed by atoms with van der Waals surface area (Å²) in [5, 5.41) is 12.0. The zero-order valence-electron chi connectivity index (χ0n) is 18.0. The van der Waals surface area contributed by atoms with Gasteiger partial charge in [0.1, 0.15) is 11.6 Å². The van der Waals surface area contributed by atoms with Crippen LogP contribution < -0.4 is 9.64 Å². The molecule has 6 heteroatoms. The number of anilines is 1. The highest BCUT2D eigenvalue weighted by Crippen LogP contribution is 2.34. The molecule has 31 heavy (non-hydrogen) atoms. The third-order valence-corrected chi connectivity index (χ3v) is 6.44. The molecule has 0 saturated carbocycles. The van der Waals surface area contributed by atoms with Crippen LogP contribution in [-0.4, -0.2) is 60.9 Å². The molecule has 164 valence electrons. The van der Waals surface area contributed by atoms with Gasteiger partial charge in [0, 0.05) is 49.7 Å². The molecule has 1 saturated heterocycles. The molecule has 0 spiro atoms. The minimum absolute atomic E-state index is 0. The summed E-state index contributed by atoms with van der Waals surface area (Å²) < 4.78 is 5.83. The first-order valence-electron chi connectivity index (χ1n) is 11.0. The van der Waals surface area contributed by atoms with Crippen molar-refractivity contribution < 1.29 is 9.84 Å². The number of fused-ring (bicyclic) bond motifs is 2. The zero-order chi connectivity index (χ0) is 20.5. The number of hydrogen-bond donors (Lipinski definition) is 1. The first-order valence-corrected chi connectivity index (χ1v) is 11.0. The van der Waals surface area contributed by atoms with Gasteiger partial charge in [0.05, 0.1) is 12.3 Å². The number of aromatic nitrogens is 1. The van der Waals surface area contributed by atoms with Crippen molar-refractivity contribution in [3.8, 4) is 17.0 Å². The molecule has 0 bridgehead atoms. The van der Waals surface area contributed by atoms with Gasteiger partial charge >= 0.3 is 0 Å². The lowest BCUT2D eigenvalue weighted by Gasteiger charge is -2.35. The van der Waals surface area contributed by atoms with Crippen LogP contribution in [0.25, 0.3) is 22.0 Å². The molecule has 0 aliphatic carbocycles. The fourth-order valence-corrected chi connectivity index (χ4v) is 4.58. The van der Waals surface area contributed by atoms with Crippen molar-refractivity contribution >= 4 is 29.0 Å². The maximum atomic E-state index is 9.54. The van der Waals surface area contributed by atoms with Crippen molar-refractivity contribution in [1.29, 1.82) is 0 Å². The Kier molecular flexibility index (Phi) is 6.65. The number of aliphatic hydroxyl groups is 1. The number of rotatable bonds is 4. The Morgan fingerprint density at radius 3 is 2.65 bits per heavy atom. The van der Waals surface area contributed by atoms with E-state index >= 15 is 0 Å². The van der Waals surface area contributed by atoms with Gasteiger partial charge in [-0.05, 0) is 48.2 Å². The smallest absolute Gasteiger partial charge is 0.137 e. The van der Waals surface area contributed by atoms with Crippen LogP contribution in [0, 0.1) is 5.92 Å². The predicted octanol–water partition coefficient (Wildman–Crippen LogP) is 4.01. The first kappa shape index (κ1) is 21.9. The molecule has 0 radical (unpaired) electrons. The second-order valence-corrected chi connectivity index (χ2v) is 8.36.